The molecular formula is C17H23N3O. The number of benzene rings is 1. The summed E-state index contributed by atoms with van der Waals surface area (Å²) in [5, 5.41) is 12.3. The summed E-state index contributed by atoms with van der Waals surface area (Å²) in [6.45, 7) is 3.95. The summed E-state index contributed by atoms with van der Waals surface area (Å²) in [6.07, 6.45) is 3.60. The van der Waals surface area contributed by atoms with Crippen LogP contribution in [0.15, 0.2) is 30.3 Å². The van der Waals surface area contributed by atoms with Crippen LogP contribution >= 0.6 is 0 Å². The van der Waals surface area contributed by atoms with Crippen molar-refractivity contribution in [1.29, 1.82) is 5.26 Å². The van der Waals surface area contributed by atoms with Gasteiger partial charge in [-0.1, -0.05) is 37.3 Å². The van der Waals surface area contributed by atoms with Gasteiger partial charge < -0.3 is 5.32 Å². The van der Waals surface area contributed by atoms with Gasteiger partial charge in [-0.3, -0.25) is 9.69 Å². The van der Waals surface area contributed by atoms with Crippen LogP contribution in [0.2, 0.25) is 0 Å². The van der Waals surface area contributed by atoms with Gasteiger partial charge in [0.2, 0.25) is 5.91 Å². The van der Waals surface area contributed by atoms with Crippen molar-refractivity contribution in [1.82, 2.24) is 10.2 Å². The van der Waals surface area contributed by atoms with E-state index < -0.39 is 5.54 Å². The van der Waals surface area contributed by atoms with E-state index in [1.54, 1.807) is 0 Å². The van der Waals surface area contributed by atoms with Gasteiger partial charge in [0, 0.05) is 6.54 Å². The SMILES string of the molecule is CCN(CC(=O)NC1(C#N)CCCC1)Cc1ccccc1. The topological polar surface area (TPSA) is 56.1 Å². The summed E-state index contributed by atoms with van der Waals surface area (Å²) >= 11 is 0. The zero-order valence-electron chi connectivity index (χ0n) is 12.6. The Morgan fingerprint density at radius 1 is 1.33 bits per heavy atom. The van der Waals surface area contributed by atoms with E-state index in [0.29, 0.717) is 6.54 Å². The third-order valence-corrected chi connectivity index (χ3v) is 4.11. The summed E-state index contributed by atoms with van der Waals surface area (Å²) < 4.78 is 0. The molecule has 0 bridgehead atoms. The van der Waals surface area contributed by atoms with Crippen molar-refractivity contribution in [3.8, 4) is 6.07 Å². The number of carbonyl (C=O) groups excluding carboxylic acids is 1. The zero-order valence-corrected chi connectivity index (χ0v) is 12.6. The van der Waals surface area contributed by atoms with Crippen LogP contribution in [0.5, 0.6) is 0 Å². The molecule has 0 atom stereocenters. The minimum atomic E-state index is -0.622. The molecule has 0 saturated heterocycles. The first kappa shape index (κ1) is 15.5. The molecule has 112 valence electrons. The highest BCUT2D eigenvalue weighted by Gasteiger charge is 2.35. The molecule has 1 saturated carbocycles. The molecule has 1 aromatic carbocycles. The highest BCUT2D eigenvalue weighted by molar-refractivity contribution is 5.79. The van der Waals surface area contributed by atoms with Gasteiger partial charge in [0.15, 0.2) is 0 Å². The lowest BCUT2D eigenvalue weighted by Crippen LogP contribution is -2.48. The van der Waals surface area contributed by atoms with Gasteiger partial charge in [-0.25, -0.2) is 0 Å². The predicted octanol–water partition coefficient (Wildman–Crippen LogP) is 2.46. The maximum atomic E-state index is 12.2. The van der Waals surface area contributed by atoms with Crippen LogP contribution in [0.1, 0.15) is 38.2 Å². The van der Waals surface area contributed by atoms with Crippen molar-refractivity contribution in [2.24, 2.45) is 0 Å². The Kier molecular flexibility index (Phi) is 5.35. The van der Waals surface area contributed by atoms with Gasteiger partial charge in [0.05, 0.1) is 12.6 Å². The van der Waals surface area contributed by atoms with E-state index in [1.165, 1.54) is 5.56 Å². The smallest absolute Gasteiger partial charge is 0.235 e. The average molecular weight is 285 g/mol. The second-order valence-electron chi connectivity index (χ2n) is 5.74. The van der Waals surface area contributed by atoms with E-state index >= 15 is 0 Å². The molecule has 1 aromatic rings. The monoisotopic (exact) mass is 285 g/mol. The summed E-state index contributed by atoms with van der Waals surface area (Å²) in [5.74, 6) is -0.0452. The van der Waals surface area contributed by atoms with Crippen LogP contribution in [0, 0.1) is 11.3 Å². The first-order valence-electron chi connectivity index (χ1n) is 7.66. The minimum Gasteiger partial charge on any atom is -0.337 e. The lowest BCUT2D eigenvalue weighted by atomic mass is 10.00. The summed E-state index contributed by atoms with van der Waals surface area (Å²) in [5.41, 5.74) is 0.575. The molecule has 0 unspecified atom stereocenters. The summed E-state index contributed by atoms with van der Waals surface area (Å²) in [4.78, 5) is 14.3. The molecule has 1 aliphatic carbocycles. The molecule has 0 aromatic heterocycles. The van der Waals surface area contributed by atoms with Crippen molar-refractivity contribution in [2.45, 2.75) is 44.7 Å². The largest absolute Gasteiger partial charge is 0.337 e. The lowest BCUT2D eigenvalue weighted by Gasteiger charge is -2.25. The molecule has 4 nitrogen and oxygen atoms in total. The Hall–Kier alpha value is -1.86. The first-order valence-corrected chi connectivity index (χ1v) is 7.66. The van der Waals surface area contributed by atoms with Crippen LogP contribution in [-0.2, 0) is 11.3 Å². The van der Waals surface area contributed by atoms with E-state index in [0.717, 1.165) is 38.8 Å². The fourth-order valence-corrected chi connectivity index (χ4v) is 2.87. The second kappa shape index (κ2) is 7.24. The molecule has 0 radical (unpaired) electrons. The maximum absolute atomic E-state index is 12.2. The lowest BCUT2D eigenvalue weighted by molar-refractivity contribution is -0.123. The third-order valence-electron chi connectivity index (χ3n) is 4.11. The highest BCUT2D eigenvalue weighted by atomic mass is 16.2. The van der Waals surface area contributed by atoms with Crippen molar-refractivity contribution < 1.29 is 4.79 Å². The van der Waals surface area contributed by atoms with Gasteiger partial charge in [0.25, 0.3) is 0 Å². The molecular weight excluding hydrogens is 262 g/mol. The van der Waals surface area contributed by atoms with E-state index in [2.05, 4.69) is 28.4 Å². The molecule has 21 heavy (non-hydrogen) atoms. The number of nitrogens with zero attached hydrogens (tertiary/aromatic N) is 2. The van der Waals surface area contributed by atoms with Gasteiger partial charge in [-0.2, -0.15) is 5.26 Å². The van der Waals surface area contributed by atoms with Crippen molar-refractivity contribution >= 4 is 5.91 Å². The summed E-state index contributed by atoms with van der Waals surface area (Å²) in [7, 11) is 0. The van der Waals surface area contributed by atoms with E-state index in [1.807, 2.05) is 25.1 Å². The van der Waals surface area contributed by atoms with Crippen LogP contribution in [0.4, 0.5) is 0 Å². The molecule has 1 fully saturated rings. The third kappa shape index (κ3) is 4.30. The van der Waals surface area contributed by atoms with Crippen molar-refractivity contribution in [3.63, 3.8) is 0 Å². The Labute approximate surface area is 126 Å². The Morgan fingerprint density at radius 3 is 2.57 bits per heavy atom. The number of nitrogens with one attached hydrogen (secondary N) is 1. The molecule has 0 spiro atoms. The number of hydrogen-bond donors (Lipinski definition) is 1. The number of rotatable bonds is 6. The van der Waals surface area contributed by atoms with Gasteiger partial charge in [-0.15, -0.1) is 0 Å². The van der Waals surface area contributed by atoms with E-state index in [-0.39, 0.29) is 5.91 Å². The normalized spacial score (nSPS) is 16.6. The maximum Gasteiger partial charge on any atom is 0.235 e. The quantitative estimate of drug-likeness (QED) is 0.873. The number of hydrogen-bond acceptors (Lipinski definition) is 3. The van der Waals surface area contributed by atoms with Gasteiger partial charge in [0.1, 0.15) is 5.54 Å². The molecule has 0 aliphatic heterocycles. The Balaban J connectivity index is 1.89. The molecule has 4 heteroatoms. The van der Waals surface area contributed by atoms with Crippen molar-refractivity contribution in [3.05, 3.63) is 35.9 Å². The van der Waals surface area contributed by atoms with Crippen molar-refractivity contribution in [2.75, 3.05) is 13.1 Å². The molecule has 1 amide bonds. The van der Waals surface area contributed by atoms with Crippen LogP contribution < -0.4 is 5.32 Å². The fraction of sp³-hybridized carbons (Fsp3) is 0.529. The van der Waals surface area contributed by atoms with Crippen LogP contribution in [0.25, 0.3) is 0 Å². The molecule has 1 aliphatic rings. The number of carbonyl (C=O) groups is 1. The number of amides is 1. The van der Waals surface area contributed by atoms with Crippen LogP contribution in [0.3, 0.4) is 0 Å². The summed E-state index contributed by atoms with van der Waals surface area (Å²) in [6, 6.07) is 12.4. The molecule has 1 N–H and O–H groups in total. The highest BCUT2D eigenvalue weighted by Crippen LogP contribution is 2.28. The molecule has 0 heterocycles. The fourth-order valence-electron chi connectivity index (χ4n) is 2.87. The predicted molar refractivity (Wildman–Crippen MR) is 82.3 cm³/mol. The Morgan fingerprint density at radius 2 is 2.00 bits per heavy atom. The standard InChI is InChI=1S/C17H23N3O/c1-2-20(12-15-8-4-3-5-9-15)13-16(21)19-17(14-18)10-6-7-11-17/h3-5,8-9H,2,6-7,10-13H2,1H3,(H,19,21). The van der Waals surface area contributed by atoms with E-state index in [9.17, 15) is 10.1 Å². The number of likely N-dealkylation sites (N-methyl/N-ethyl adjacent to an activating group) is 1. The van der Waals surface area contributed by atoms with E-state index in [4.69, 9.17) is 0 Å². The number of nitriles is 1. The average Bonchev–Trinajstić information content (AvgIpc) is 2.96. The molecule has 2 rings (SSSR count). The second-order valence-corrected chi connectivity index (χ2v) is 5.74. The first-order chi connectivity index (χ1) is 10.2. The minimum absolute atomic E-state index is 0.0452. The zero-order chi connectivity index (χ0) is 15.1. The van der Waals surface area contributed by atoms with Gasteiger partial charge >= 0.3 is 0 Å². The van der Waals surface area contributed by atoms with Crippen LogP contribution in [-0.4, -0.2) is 29.4 Å². The Bertz CT molecular complexity index is 501. The van der Waals surface area contributed by atoms with Gasteiger partial charge in [-0.05, 0) is 37.8 Å².